The molecule has 1 fully saturated rings. The van der Waals surface area contributed by atoms with Crippen LogP contribution in [0.1, 0.15) is 18.4 Å². The summed E-state index contributed by atoms with van der Waals surface area (Å²) in [4.78, 5) is 12.3. The molecule has 5 nitrogen and oxygen atoms in total. The number of hydrogen-bond acceptors (Lipinski definition) is 3. The molecule has 23 heavy (non-hydrogen) atoms. The molecule has 1 aliphatic heterocycles. The minimum Gasteiger partial charge on any atom is -0.316 e. The van der Waals surface area contributed by atoms with Crippen LogP contribution in [0.4, 0.5) is 5.82 Å². The topological polar surface area (TPSA) is 59.0 Å². The van der Waals surface area contributed by atoms with Gasteiger partial charge in [-0.05, 0) is 31.9 Å². The summed E-state index contributed by atoms with van der Waals surface area (Å²) in [7, 11) is 1.86. The van der Waals surface area contributed by atoms with E-state index in [2.05, 4.69) is 28.7 Å². The quantitative estimate of drug-likeness (QED) is 0.907. The second-order valence-electron chi connectivity index (χ2n) is 5.89. The molecule has 0 bridgehead atoms. The fourth-order valence-corrected chi connectivity index (χ4v) is 2.88. The molecule has 124 valence electrons. The summed E-state index contributed by atoms with van der Waals surface area (Å²) in [5, 5.41) is 10.8. The van der Waals surface area contributed by atoms with Gasteiger partial charge in [0, 0.05) is 25.2 Å². The number of carbonyl (C=O) groups excluding carboxylic acids is 1. The molecule has 1 aromatic heterocycles. The molecular weight excluding hydrogens is 312 g/mol. The zero-order valence-corrected chi connectivity index (χ0v) is 14.3. The maximum atomic E-state index is 12.3. The van der Waals surface area contributed by atoms with Gasteiger partial charge in [0.05, 0.1) is 11.6 Å². The summed E-state index contributed by atoms with van der Waals surface area (Å²) in [6.07, 6.45) is 2.00. The van der Waals surface area contributed by atoms with Crippen LogP contribution in [-0.4, -0.2) is 28.8 Å². The van der Waals surface area contributed by atoms with E-state index >= 15 is 0 Å². The Morgan fingerprint density at radius 2 is 2.17 bits per heavy atom. The maximum Gasteiger partial charge on any atom is 0.229 e. The Labute approximate surface area is 142 Å². The lowest BCUT2D eigenvalue weighted by Crippen LogP contribution is -2.37. The summed E-state index contributed by atoms with van der Waals surface area (Å²) in [6, 6.07) is 10.1. The molecule has 2 N–H and O–H groups in total. The van der Waals surface area contributed by atoms with Crippen LogP contribution in [0.5, 0.6) is 0 Å². The van der Waals surface area contributed by atoms with Crippen LogP contribution >= 0.6 is 12.4 Å². The van der Waals surface area contributed by atoms with Crippen LogP contribution in [0, 0.1) is 12.8 Å². The molecule has 2 aromatic rings. The Morgan fingerprint density at radius 1 is 1.39 bits per heavy atom. The molecule has 1 amide bonds. The Kier molecular flexibility index (Phi) is 5.80. The summed E-state index contributed by atoms with van der Waals surface area (Å²) in [5.74, 6) is 0.867. The largest absolute Gasteiger partial charge is 0.316 e. The first-order chi connectivity index (χ1) is 10.6. The number of benzene rings is 1. The maximum absolute atomic E-state index is 12.3. The highest BCUT2D eigenvalue weighted by molar-refractivity contribution is 5.92. The fourth-order valence-electron chi connectivity index (χ4n) is 2.88. The summed E-state index contributed by atoms with van der Waals surface area (Å²) in [6.45, 7) is 3.83. The first kappa shape index (κ1) is 17.5. The molecule has 2 heterocycles. The fraction of sp³-hybridized carbons (Fsp3) is 0.412. The van der Waals surface area contributed by atoms with E-state index < -0.39 is 0 Å². The number of piperidine rings is 1. The second kappa shape index (κ2) is 7.62. The van der Waals surface area contributed by atoms with Crippen LogP contribution in [-0.2, 0) is 11.8 Å². The molecule has 1 saturated heterocycles. The Hall–Kier alpha value is -1.85. The van der Waals surface area contributed by atoms with Crippen LogP contribution < -0.4 is 10.6 Å². The number of carbonyl (C=O) groups is 1. The van der Waals surface area contributed by atoms with Gasteiger partial charge in [0.25, 0.3) is 0 Å². The molecule has 1 unspecified atom stereocenters. The molecule has 3 rings (SSSR count). The van der Waals surface area contributed by atoms with Crippen molar-refractivity contribution in [1.29, 1.82) is 0 Å². The van der Waals surface area contributed by atoms with Crippen LogP contribution in [0.2, 0.25) is 0 Å². The highest BCUT2D eigenvalue weighted by Gasteiger charge is 2.22. The molecule has 0 saturated carbocycles. The Bertz CT molecular complexity index is 677. The van der Waals surface area contributed by atoms with Crippen molar-refractivity contribution in [2.45, 2.75) is 19.8 Å². The number of hydrogen-bond donors (Lipinski definition) is 2. The average Bonchev–Trinajstić information content (AvgIpc) is 2.89. The van der Waals surface area contributed by atoms with Crippen molar-refractivity contribution in [3.05, 3.63) is 35.9 Å². The second-order valence-corrected chi connectivity index (χ2v) is 5.89. The van der Waals surface area contributed by atoms with Gasteiger partial charge in [0.1, 0.15) is 5.82 Å². The number of rotatable bonds is 3. The van der Waals surface area contributed by atoms with Crippen molar-refractivity contribution in [3.63, 3.8) is 0 Å². The van der Waals surface area contributed by atoms with Gasteiger partial charge in [0.2, 0.25) is 5.91 Å². The molecule has 0 spiro atoms. The van der Waals surface area contributed by atoms with Gasteiger partial charge in [0.15, 0.2) is 0 Å². The molecule has 1 aliphatic rings. The first-order valence-electron chi connectivity index (χ1n) is 7.77. The SMILES string of the molecule is Cc1ccccc1-c1cc(NC(=O)C2CCCNC2)n(C)n1.Cl. The third-order valence-corrected chi connectivity index (χ3v) is 4.22. The molecule has 6 heteroatoms. The van der Waals surface area contributed by atoms with E-state index in [0.29, 0.717) is 0 Å². The number of halogens is 1. The lowest BCUT2D eigenvalue weighted by molar-refractivity contribution is -0.120. The van der Waals surface area contributed by atoms with Gasteiger partial charge < -0.3 is 10.6 Å². The summed E-state index contributed by atoms with van der Waals surface area (Å²) < 4.78 is 1.73. The van der Waals surface area contributed by atoms with Crippen molar-refractivity contribution in [3.8, 4) is 11.3 Å². The monoisotopic (exact) mass is 334 g/mol. The smallest absolute Gasteiger partial charge is 0.229 e. The van der Waals surface area contributed by atoms with E-state index in [9.17, 15) is 4.79 Å². The number of anilines is 1. The van der Waals surface area contributed by atoms with E-state index in [4.69, 9.17) is 0 Å². The van der Waals surface area contributed by atoms with Crippen LogP contribution in [0.25, 0.3) is 11.3 Å². The number of aromatic nitrogens is 2. The van der Waals surface area contributed by atoms with Crippen LogP contribution in [0.15, 0.2) is 30.3 Å². The van der Waals surface area contributed by atoms with Crippen molar-refractivity contribution < 1.29 is 4.79 Å². The first-order valence-corrected chi connectivity index (χ1v) is 7.77. The number of aryl methyl sites for hydroxylation is 2. The molecule has 0 radical (unpaired) electrons. The molecule has 1 aromatic carbocycles. The van der Waals surface area contributed by atoms with E-state index in [1.807, 2.05) is 31.3 Å². The molecule has 0 aliphatic carbocycles. The minimum absolute atomic E-state index is 0. The van der Waals surface area contributed by atoms with Crippen molar-refractivity contribution in [1.82, 2.24) is 15.1 Å². The highest BCUT2D eigenvalue weighted by Crippen LogP contribution is 2.25. The third kappa shape index (κ3) is 3.92. The summed E-state index contributed by atoms with van der Waals surface area (Å²) in [5.41, 5.74) is 3.16. The van der Waals surface area contributed by atoms with E-state index in [1.54, 1.807) is 4.68 Å². The predicted octanol–water partition coefficient (Wildman–Crippen LogP) is 2.76. The minimum atomic E-state index is 0. The number of nitrogens with one attached hydrogen (secondary N) is 2. The van der Waals surface area contributed by atoms with E-state index in [1.165, 1.54) is 5.56 Å². The average molecular weight is 335 g/mol. The van der Waals surface area contributed by atoms with Gasteiger partial charge >= 0.3 is 0 Å². The van der Waals surface area contributed by atoms with E-state index in [-0.39, 0.29) is 24.2 Å². The van der Waals surface area contributed by atoms with E-state index in [0.717, 1.165) is 43.0 Å². The lowest BCUT2D eigenvalue weighted by Gasteiger charge is -2.21. The molecule has 1 atom stereocenters. The van der Waals surface area contributed by atoms with Gasteiger partial charge in [-0.2, -0.15) is 5.10 Å². The number of amides is 1. The lowest BCUT2D eigenvalue weighted by atomic mass is 9.99. The predicted molar refractivity (Wildman–Crippen MR) is 94.9 cm³/mol. The van der Waals surface area contributed by atoms with Gasteiger partial charge in [-0.3, -0.25) is 9.48 Å². The van der Waals surface area contributed by atoms with Gasteiger partial charge in [-0.25, -0.2) is 0 Å². The molecular formula is C17H23ClN4O. The van der Waals surface area contributed by atoms with Gasteiger partial charge in [-0.15, -0.1) is 12.4 Å². The van der Waals surface area contributed by atoms with Crippen molar-refractivity contribution in [2.24, 2.45) is 13.0 Å². The van der Waals surface area contributed by atoms with Crippen molar-refractivity contribution >= 4 is 24.1 Å². The zero-order valence-electron chi connectivity index (χ0n) is 13.5. The highest BCUT2D eigenvalue weighted by atomic mass is 35.5. The van der Waals surface area contributed by atoms with Gasteiger partial charge in [-0.1, -0.05) is 24.3 Å². The Morgan fingerprint density at radius 3 is 2.87 bits per heavy atom. The zero-order chi connectivity index (χ0) is 15.5. The standard InChI is InChI=1S/C17H22N4O.ClH/c1-12-6-3-4-8-14(12)15-10-16(21(2)20-15)19-17(22)13-7-5-9-18-11-13;/h3-4,6,8,10,13,18H,5,7,9,11H2,1-2H3,(H,19,22);1H. The normalized spacial score (nSPS) is 17.4. The van der Waals surface area contributed by atoms with Crippen LogP contribution in [0.3, 0.4) is 0 Å². The van der Waals surface area contributed by atoms with Crippen molar-refractivity contribution in [2.75, 3.05) is 18.4 Å². The summed E-state index contributed by atoms with van der Waals surface area (Å²) >= 11 is 0. The Balaban J connectivity index is 0.00000192. The third-order valence-electron chi connectivity index (χ3n) is 4.22. The number of nitrogens with zero attached hydrogens (tertiary/aromatic N) is 2.